The fourth-order valence-corrected chi connectivity index (χ4v) is 2.59. The molecule has 4 heteroatoms. The summed E-state index contributed by atoms with van der Waals surface area (Å²) in [4.78, 5) is 12.5. The van der Waals surface area contributed by atoms with Gasteiger partial charge in [0.05, 0.1) is 12.0 Å². The molecule has 2 aromatic carbocycles. The van der Waals surface area contributed by atoms with Crippen LogP contribution >= 0.6 is 0 Å². The first-order valence-corrected chi connectivity index (χ1v) is 7.15. The highest BCUT2D eigenvalue weighted by molar-refractivity contribution is 5.93. The normalized spacial score (nSPS) is 21.2. The SMILES string of the molecule is Cc1ccc(NC(=O)C2CNNC2c2ccccc2)cc1. The lowest BCUT2D eigenvalue weighted by Gasteiger charge is -2.18. The molecule has 0 spiro atoms. The van der Waals surface area contributed by atoms with E-state index in [4.69, 9.17) is 0 Å². The molecule has 1 aliphatic rings. The second-order valence-electron chi connectivity index (χ2n) is 5.38. The van der Waals surface area contributed by atoms with E-state index in [1.165, 1.54) is 5.56 Å². The Bertz CT molecular complexity index is 610. The zero-order valence-electron chi connectivity index (χ0n) is 12.0. The molecule has 1 heterocycles. The van der Waals surface area contributed by atoms with Crippen LogP contribution in [0.15, 0.2) is 54.6 Å². The Morgan fingerprint density at radius 1 is 1.10 bits per heavy atom. The summed E-state index contributed by atoms with van der Waals surface area (Å²) in [6.45, 7) is 2.65. The van der Waals surface area contributed by atoms with Crippen LogP contribution in [0.2, 0.25) is 0 Å². The summed E-state index contributed by atoms with van der Waals surface area (Å²) >= 11 is 0. The van der Waals surface area contributed by atoms with Crippen LogP contribution in [-0.2, 0) is 4.79 Å². The molecule has 2 atom stereocenters. The molecular formula is C17H19N3O. The van der Waals surface area contributed by atoms with Crippen LogP contribution in [0.1, 0.15) is 17.2 Å². The van der Waals surface area contributed by atoms with E-state index in [2.05, 4.69) is 16.2 Å². The van der Waals surface area contributed by atoms with Crippen molar-refractivity contribution in [2.24, 2.45) is 5.92 Å². The van der Waals surface area contributed by atoms with E-state index in [0.717, 1.165) is 11.3 Å². The third-order valence-electron chi connectivity index (χ3n) is 3.80. The fraction of sp³-hybridized carbons (Fsp3) is 0.235. The van der Waals surface area contributed by atoms with Crippen LogP contribution in [0.4, 0.5) is 5.69 Å². The molecule has 3 rings (SSSR count). The van der Waals surface area contributed by atoms with Crippen molar-refractivity contribution in [2.45, 2.75) is 13.0 Å². The second kappa shape index (κ2) is 6.08. The zero-order chi connectivity index (χ0) is 14.7. The Hall–Kier alpha value is -2.17. The Kier molecular flexibility index (Phi) is 3.99. The van der Waals surface area contributed by atoms with Crippen molar-refractivity contribution in [3.63, 3.8) is 0 Å². The minimum absolute atomic E-state index is 0.00310. The van der Waals surface area contributed by atoms with E-state index in [0.29, 0.717) is 6.54 Å². The van der Waals surface area contributed by atoms with Crippen molar-refractivity contribution in [3.05, 3.63) is 65.7 Å². The van der Waals surface area contributed by atoms with Crippen LogP contribution in [0.25, 0.3) is 0 Å². The molecule has 0 radical (unpaired) electrons. The van der Waals surface area contributed by atoms with Gasteiger partial charge in [-0.3, -0.25) is 10.2 Å². The molecule has 0 bridgehead atoms. The number of hydrogen-bond donors (Lipinski definition) is 3. The summed E-state index contributed by atoms with van der Waals surface area (Å²) in [6.07, 6.45) is 0. The lowest BCUT2D eigenvalue weighted by molar-refractivity contribution is -0.119. The van der Waals surface area contributed by atoms with Crippen LogP contribution in [-0.4, -0.2) is 12.5 Å². The van der Waals surface area contributed by atoms with Gasteiger partial charge in [0.2, 0.25) is 5.91 Å². The molecule has 4 nitrogen and oxygen atoms in total. The van der Waals surface area contributed by atoms with Gasteiger partial charge in [0.1, 0.15) is 0 Å². The van der Waals surface area contributed by atoms with Gasteiger partial charge >= 0.3 is 0 Å². The van der Waals surface area contributed by atoms with Gasteiger partial charge in [-0.2, -0.15) is 0 Å². The Morgan fingerprint density at radius 3 is 2.52 bits per heavy atom. The monoisotopic (exact) mass is 281 g/mol. The molecule has 3 N–H and O–H groups in total. The number of anilines is 1. The zero-order valence-corrected chi connectivity index (χ0v) is 12.0. The predicted molar refractivity (Wildman–Crippen MR) is 83.6 cm³/mol. The van der Waals surface area contributed by atoms with Crippen LogP contribution in [0, 0.1) is 12.8 Å². The smallest absolute Gasteiger partial charge is 0.230 e. The minimum Gasteiger partial charge on any atom is -0.326 e. The number of carbonyl (C=O) groups is 1. The largest absolute Gasteiger partial charge is 0.326 e. The van der Waals surface area contributed by atoms with Gasteiger partial charge < -0.3 is 5.32 Å². The van der Waals surface area contributed by atoms with Crippen molar-refractivity contribution in [1.29, 1.82) is 0 Å². The third kappa shape index (κ3) is 3.12. The first-order valence-electron chi connectivity index (χ1n) is 7.15. The molecule has 0 aromatic heterocycles. The lowest BCUT2D eigenvalue weighted by Crippen LogP contribution is -2.29. The minimum atomic E-state index is -0.131. The van der Waals surface area contributed by atoms with Crippen molar-refractivity contribution < 1.29 is 4.79 Å². The van der Waals surface area contributed by atoms with Gasteiger partial charge in [0.25, 0.3) is 0 Å². The van der Waals surface area contributed by atoms with E-state index in [1.807, 2.05) is 61.5 Å². The number of aryl methyl sites for hydroxylation is 1. The summed E-state index contributed by atoms with van der Waals surface area (Å²) in [7, 11) is 0. The van der Waals surface area contributed by atoms with Crippen LogP contribution < -0.4 is 16.2 Å². The van der Waals surface area contributed by atoms with Crippen molar-refractivity contribution >= 4 is 11.6 Å². The van der Waals surface area contributed by atoms with Gasteiger partial charge in [0.15, 0.2) is 0 Å². The topological polar surface area (TPSA) is 53.2 Å². The van der Waals surface area contributed by atoms with Crippen molar-refractivity contribution in [1.82, 2.24) is 10.9 Å². The highest BCUT2D eigenvalue weighted by atomic mass is 16.2. The Morgan fingerprint density at radius 2 is 1.81 bits per heavy atom. The first-order chi connectivity index (χ1) is 10.2. The van der Waals surface area contributed by atoms with E-state index in [9.17, 15) is 4.79 Å². The molecule has 1 aliphatic heterocycles. The van der Waals surface area contributed by atoms with Gasteiger partial charge in [-0.15, -0.1) is 0 Å². The summed E-state index contributed by atoms with van der Waals surface area (Å²) < 4.78 is 0. The summed E-state index contributed by atoms with van der Waals surface area (Å²) in [6, 6.07) is 17.9. The third-order valence-corrected chi connectivity index (χ3v) is 3.80. The van der Waals surface area contributed by atoms with Gasteiger partial charge in [-0.05, 0) is 24.6 Å². The molecule has 1 amide bonds. The Balaban J connectivity index is 1.73. The van der Waals surface area contributed by atoms with E-state index < -0.39 is 0 Å². The molecule has 0 aliphatic carbocycles. The average molecular weight is 281 g/mol. The molecular weight excluding hydrogens is 262 g/mol. The van der Waals surface area contributed by atoms with E-state index in [-0.39, 0.29) is 17.9 Å². The summed E-state index contributed by atoms with van der Waals surface area (Å²) in [5, 5.41) is 2.99. The summed E-state index contributed by atoms with van der Waals surface area (Å²) in [5.41, 5.74) is 9.41. The highest BCUT2D eigenvalue weighted by Gasteiger charge is 2.33. The van der Waals surface area contributed by atoms with Gasteiger partial charge in [-0.25, -0.2) is 5.43 Å². The number of rotatable bonds is 3. The quantitative estimate of drug-likeness (QED) is 0.810. The van der Waals surface area contributed by atoms with Crippen LogP contribution in [0.3, 0.4) is 0 Å². The molecule has 108 valence electrons. The number of carbonyl (C=O) groups excluding carboxylic acids is 1. The Labute approximate surface area is 124 Å². The summed E-state index contributed by atoms with van der Waals surface area (Å²) in [5.74, 6) is -0.0982. The molecule has 1 saturated heterocycles. The van der Waals surface area contributed by atoms with Crippen molar-refractivity contribution in [2.75, 3.05) is 11.9 Å². The number of hydrazine groups is 1. The number of benzene rings is 2. The average Bonchev–Trinajstić information content (AvgIpc) is 3.00. The van der Waals surface area contributed by atoms with E-state index >= 15 is 0 Å². The van der Waals surface area contributed by atoms with Crippen LogP contribution in [0.5, 0.6) is 0 Å². The predicted octanol–water partition coefficient (Wildman–Crippen LogP) is 2.40. The number of amides is 1. The molecule has 2 aromatic rings. The molecule has 2 unspecified atom stereocenters. The maximum absolute atomic E-state index is 12.5. The van der Waals surface area contributed by atoms with Crippen molar-refractivity contribution in [3.8, 4) is 0 Å². The maximum atomic E-state index is 12.5. The molecule has 21 heavy (non-hydrogen) atoms. The highest BCUT2D eigenvalue weighted by Crippen LogP contribution is 2.25. The lowest BCUT2D eigenvalue weighted by atomic mass is 9.94. The van der Waals surface area contributed by atoms with E-state index in [1.54, 1.807) is 0 Å². The standard InChI is InChI=1S/C17H19N3O/c1-12-7-9-14(10-8-12)19-17(21)15-11-18-20-16(15)13-5-3-2-4-6-13/h2-10,15-16,18,20H,11H2,1H3,(H,19,21). The number of hydrogen-bond acceptors (Lipinski definition) is 3. The maximum Gasteiger partial charge on any atom is 0.230 e. The molecule has 0 saturated carbocycles. The molecule has 1 fully saturated rings. The van der Waals surface area contributed by atoms with Gasteiger partial charge in [-0.1, -0.05) is 48.0 Å². The number of nitrogens with one attached hydrogen (secondary N) is 3. The fourth-order valence-electron chi connectivity index (χ4n) is 2.59. The van der Waals surface area contributed by atoms with Gasteiger partial charge in [0, 0.05) is 12.2 Å². The second-order valence-corrected chi connectivity index (χ2v) is 5.38. The first kappa shape index (κ1) is 13.8.